The van der Waals surface area contributed by atoms with Crippen LogP contribution in [0.4, 0.5) is 0 Å². The summed E-state index contributed by atoms with van der Waals surface area (Å²) in [5.74, 6) is 2.13. The van der Waals surface area contributed by atoms with E-state index in [1.54, 1.807) is 0 Å². The Morgan fingerprint density at radius 3 is 1.79 bits per heavy atom. The van der Waals surface area contributed by atoms with Crippen LogP contribution >= 0.6 is 0 Å². The highest BCUT2D eigenvalue weighted by molar-refractivity contribution is 6.01. The zero-order valence-electron chi connectivity index (χ0n) is 21.6. The Morgan fingerprint density at radius 1 is 0.487 bits per heavy atom. The smallest absolute Gasteiger partial charge is 0.164 e. The largest absolute Gasteiger partial charge is 0.208 e. The molecule has 0 amide bonds. The molecule has 0 aliphatic heterocycles. The summed E-state index contributed by atoms with van der Waals surface area (Å²) >= 11 is 0. The molecule has 39 heavy (non-hydrogen) atoms. The molecule has 1 aromatic heterocycles. The summed E-state index contributed by atoms with van der Waals surface area (Å²) < 4.78 is 0. The molecule has 186 valence electrons. The fourth-order valence-corrected chi connectivity index (χ4v) is 6.98. The summed E-state index contributed by atoms with van der Waals surface area (Å²) in [4.78, 5) is 15.1. The van der Waals surface area contributed by atoms with Crippen LogP contribution in [0.5, 0.6) is 0 Å². The Hall–Kier alpha value is -4.63. The van der Waals surface area contributed by atoms with Crippen molar-refractivity contribution in [1.29, 1.82) is 0 Å². The molecule has 0 unspecified atom stereocenters. The van der Waals surface area contributed by atoms with Gasteiger partial charge >= 0.3 is 0 Å². The highest BCUT2D eigenvalue weighted by Crippen LogP contribution is 2.60. The van der Waals surface area contributed by atoms with Crippen molar-refractivity contribution in [2.45, 2.75) is 31.1 Å². The van der Waals surface area contributed by atoms with Gasteiger partial charge in [-0.1, -0.05) is 128 Å². The highest BCUT2D eigenvalue weighted by Gasteiger charge is 2.46. The van der Waals surface area contributed by atoms with E-state index in [0.717, 1.165) is 22.5 Å². The molecule has 5 aromatic carbocycles. The van der Waals surface area contributed by atoms with E-state index < -0.39 is 0 Å². The average molecular weight is 502 g/mol. The molecule has 2 aliphatic rings. The number of aromatic nitrogens is 3. The van der Waals surface area contributed by atoms with Crippen LogP contribution in [0.15, 0.2) is 115 Å². The summed E-state index contributed by atoms with van der Waals surface area (Å²) in [6, 6.07) is 40.7. The molecule has 0 bridgehead atoms. The van der Waals surface area contributed by atoms with E-state index in [1.807, 2.05) is 36.4 Å². The lowest BCUT2D eigenvalue weighted by molar-refractivity contribution is 0.554. The van der Waals surface area contributed by atoms with Gasteiger partial charge in [0.25, 0.3) is 0 Å². The molecule has 3 nitrogen and oxygen atoms in total. The predicted molar refractivity (Wildman–Crippen MR) is 158 cm³/mol. The molecule has 1 spiro atoms. The van der Waals surface area contributed by atoms with Gasteiger partial charge in [0.1, 0.15) is 0 Å². The zero-order chi connectivity index (χ0) is 25.8. The maximum Gasteiger partial charge on any atom is 0.164 e. The van der Waals surface area contributed by atoms with Crippen molar-refractivity contribution in [3.8, 4) is 45.3 Å². The number of rotatable bonds is 3. The Bertz CT molecular complexity index is 1790. The lowest BCUT2D eigenvalue weighted by Crippen LogP contribution is -2.20. The molecule has 6 aromatic rings. The van der Waals surface area contributed by atoms with Crippen molar-refractivity contribution in [2.24, 2.45) is 0 Å². The molecule has 0 radical (unpaired) electrons. The van der Waals surface area contributed by atoms with Crippen LogP contribution in [0.3, 0.4) is 0 Å². The summed E-state index contributed by atoms with van der Waals surface area (Å²) in [6.45, 7) is 0. The van der Waals surface area contributed by atoms with Gasteiger partial charge in [0.15, 0.2) is 17.5 Å². The van der Waals surface area contributed by atoms with E-state index >= 15 is 0 Å². The first-order chi connectivity index (χ1) is 19.3. The van der Waals surface area contributed by atoms with Crippen molar-refractivity contribution >= 4 is 10.8 Å². The Kier molecular flexibility index (Phi) is 4.99. The van der Waals surface area contributed by atoms with Gasteiger partial charge in [0.05, 0.1) is 0 Å². The standard InChI is InChI=1S/C36H27N3/c1-3-13-25(14-4-1)33-37-34(26-15-5-2-6-16-26)39-35(38-33)29-18-11-19-30-31(29)28-21-20-24-12-7-8-17-27(24)32(28)36(30)22-9-10-23-36/h1-8,11-21H,9-10,22-23H2. The maximum atomic E-state index is 5.10. The van der Waals surface area contributed by atoms with Crippen molar-refractivity contribution in [2.75, 3.05) is 0 Å². The normalized spacial score (nSPS) is 15.0. The molecule has 1 saturated carbocycles. The molecule has 3 heteroatoms. The van der Waals surface area contributed by atoms with Gasteiger partial charge in [-0.05, 0) is 45.9 Å². The summed E-state index contributed by atoms with van der Waals surface area (Å²) in [7, 11) is 0. The molecule has 1 fully saturated rings. The van der Waals surface area contributed by atoms with Crippen molar-refractivity contribution in [3.63, 3.8) is 0 Å². The second-order valence-corrected chi connectivity index (χ2v) is 10.8. The van der Waals surface area contributed by atoms with Gasteiger partial charge in [0.2, 0.25) is 0 Å². The minimum absolute atomic E-state index is 0.0547. The molecular weight excluding hydrogens is 474 g/mol. The van der Waals surface area contributed by atoms with Crippen LogP contribution in [0.1, 0.15) is 36.8 Å². The second-order valence-electron chi connectivity index (χ2n) is 10.8. The van der Waals surface area contributed by atoms with E-state index in [2.05, 4.69) is 78.9 Å². The predicted octanol–water partition coefficient (Wildman–Crippen LogP) is 8.87. The molecular formula is C36H27N3. The topological polar surface area (TPSA) is 38.7 Å². The molecule has 0 saturated heterocycles. The van der Waals surface area contributed by atoms with Gasteiger partial charge in [-0.2, -0.15) is 0 Å². The Balaban J connectivity index is 1.42. The highest BCUT2D eigenvalue weighted by atomic mass is 15.0. The van der Waals surface area contributed by atoms with E-state index in [1.165, 1.54) is 58.7 Å². The van der Waals surface area contributed by atoms with Gasteiger partial charge in [-0.3, -0.25) is 0 Å². The minimum Gasteiger partial charge on any atom is -0.208 e. The maximum absolute atomic E-state index is 5.10. The van der Waals surface area contributed by atoms with Gasteiger partial charge in [-0.25, -0.2) is 15.0 Å². The minimum atomic E-state index is 0.0547. The van der Waals surface area contributed by atoms with Crippen LogP contribution in [-0.2, 0) is 5.41 Å². The first-order valence-corrected chi connectivity index (χ1v) is 13.9. The van der Waals surface area contributed by atoms with Crippen LogP contribution in [0.25, 0.3) is 56.1 Å². The Labute approximate surface area is 228 Å². The number of hydrogen-bond acceptors (Lipinski definition) is 3. The fraction of sp³-hybridized carbons (Fsp3) is 0.139. The lowest BCUT2D eigenvalue weighted by Gasteiger charge is -2.28. The summed E-state index contributed by atoms with van der Waals surface area (Å²) in [5.41, 5.74) is 8.69. The lowest BCUT2D eigenvalue weighted by atomic mass is 9.75. The molecule has 0 atom stereocenters. The van der Waals surface area contributed by atoms with E-state index in [-0.39, 0.29) is 5.41 Å². The van der Waals surface area contributed by atoms with Crippen LogP contribution in [0.2, 0.25) is 0 Å². The quantitative estimate of drug-likeness (QED) is 0.243. The van der Waals surface area contributed by atoms with Gasteiger partial charge < -0.3 is 0 Å². The van der Waals surface area contributed by atoms with Crippen molar-refractivity contribution < 1.29 is 0 Å². The van der Waals surface area contributed by atoms with Crippen molar-refractivity contribution in [1.82, 2.24) is 15.0 Å². The van der Waals surface area contributed by atoms with Crippen LogP contribution in [-0.4, -0.2) is 15.0 Å². The fourth-order valence-electron chi connectivity index (χ4n) is 6.98. The number of hydrogen-bond donors (Lipinski definition) is 0. The monoisotopic (exact) mass is 501 g/mol. The Morgan fingerprint density at radius 2 is 1.10 bits per heavy atom. The third-order valence-electron chi connectivity index (χ3n) is 8.65. The summed E-state index contributed by atoms with van der Waals surface area (Å²) in [6.07, 6.45) is 4.89. The van der Waals surface area contributed by atoms with Gasteiger partial charge in [-0.15, -0.1) is 0 Å². The molecule has 2 aliphatic carbocycles. The SMILES string of the molecule is c1ccc(-c2nc(-c3ccccc3)nc(-c3cccc4c3-c3ccc5ccccc5c3C43CCCC3)n2)cc1. The number of nitrogens with zero attached hydrogens (tertiary/aromatic N) is 3. The first kappa shape index (κ1) is 22.4. The van der Waals surface area contributed by atoms with Crippen molar-refractivity contribution in [3.05, 3.63) is 126 Å². The average Bonchev–Trinajstić information content (AvgIpc) is 3.62. The second kappa shape index (κ2) is 8.71. The van der Waals surface area contributed by atoms with Gasteiger partial charge in [0, 0.05) is 22.1 Å². The van der Waals surface area contributed by atoms with E-state index in [9.17, 15) is 0 Å². The van der Waals surface area contributed by atoms with E-state index in [0.29, 0.717) is 11.6 Å². The van der Waals surface area contributed by atoms with E-state index in [4.69, 9.17) is 15.0 Å². The zero-order valence-corrected chi connectivity index (χ0v) is 21.6. The summed E-state index contributed by atoms with van der Waals surface area (Å²) in [5, 5.41) is 2.69. The molecule has 0 N–H and O–H groups in total. The molecule has 1 heterocycles. The number of fused-ring (bicyclic) bond motifs is 7. The third kappa shape index (κ3) is 3.39. The van der Waals surface area contributed by atoms with Crippen LogP contribution < -0.4 is 0 Å². The van der Waals surface area contributed by atoms with Crippen LogP contribution in [0, 0.1) is 0 Å². The first-order valence-electron chi connectivity index (χ1n) is 13.9. The third-order valence-corrected chi connectivity index (χ3v) is 8.65. The number of benzene rings is 5. The molecule has 8 rings (SSSR count).